The van der Waals surface area contributed by atoms with Gasteiger partial charge in [-0.3, -0.25) is 0 Å². The number of aromatic nitrogens is 2. The van der Waals surface area contributed by atoms with Crippen molar-refractivity contribution in [3.63, 3.8) is 0 Å². The molecule has 0 spiro atoms. The molecule has 6 nitrogen and oxygen atoms in total. The number of hydrogen-bond acceptors (Lipinski definition) is 5. The maximum absolute atomic E-state index is 12.4. The molecule has 1 aromatic rings. The van der Waals surface area contributed by atoms with Gasteiger partial charge in [-0.25, -0.2) is 18.4 Å². The third-order valence-corrected chi connectivity index (χ3v) is 5.36. The van der Waals surface area contributed by atoms with Crippen LogP contribution in [0.2, 0.25) is 0 Å². The Hall–Kier alpha value is -1.21. The maximum atomic E-state index is 12.4. The van der Waals surface area contributed by atoms with Crippen LogP contribution >= 0.6 is 0 Å². The fourth-order valence-corrected chi connectivity index (χ4v) is 2.87. The summed E-state index contributed by atoms with van der Waals surface area (Å²) in [5.74, 6) is 0.429. The van der Waals surface area contributed by atoms with Gasteiger partial charge in [-0.2, -0.15) is 4.31 Å². The summed E-state index contributed by atoms with van der Waals surface area (Å²) in [7, 11) is -1.98. The lowest BCUT2D eigenvalue weighted by molar-refractivity contribution is 0.257. The number of nitrogens with one attached hydrogen (secondary N) is 1. The molecule has 1 N–H and O–H groups in total. The molecule has 0 fully saturated rings. The van der Waals surface area contributed by atoms with E-state index in [1.54, 1.807) is 7.05 Å². The van der Waals surface area contributed by atoms with Gasteiger partial charge >= 0.3 is 0 Å². The van der Waals surface area contributed by atoms with Gasteiger partial charge in [-0.05, 0) is 27.2 Å². The topological polar surface area (TPSA) is 75.2 Å². The highest BCUT2D eigenvalue weighted by Crippen LogP contribution is 2.24. The van der Waals surface area contributed by atoms with E-state index in [9.17, 15) is 8.42 Å². The predicted molar refractivity (Wildman–Crippen MR) is 75.5 cm³/mol. The molecular formula is C12H22N4O2S. The summed E-state index contributed by atoms with van der Waals surface area (Å²) in [5, 5.41) is 2.93. The average molecular weight is 286 g/mol. The van der Waals surface area contributed by atoms with E-state index in [2.05, 4.69) is 15.3 Å². The summed E-state index contributed by atoms with van der Waals surface area (Å²) in [4.78, 5) is 8.10. The van der Waals surface area contributed by atoms with Crippen molar-refractivity contribution >= 4 is 16.0 Å². The Labute approximate surface area is 115 Å². The molecule has 0 aliphatic heterocycles. The van der Waals surface area contributed by atoms with E-state index < -0.39 is 15.6 Å². The average Bonchev–Trinajstić information content (AvgIpc) is 2.39. The molecule has 0 radical (unpaired) electrons. The van der Waals surface area contributed by atoms with Crippen LogP contribution in [0.5, 0.6) is 0 Å². The van der Waals surface area contributed by atoms with Crippen molar-refractivity contribution in [1.29, 1.82) is 0 Å². The third-order valence-electron chi connectivity index (χ3n) is 3.34. The van der Waals surface area contributed by atoms with Crippen molar-refractivity contribution in [3.05, 3.63) is 12.4 Å². The number of hydrogen-bond donors (Lipinski definition) is 1. The Morgan fingerprint density at radius 3 is 2.21 bits per heavy atom. The van der Waals surface area contributed by atoms with Gasteiger partial charge < -0.3 is 5.32 Å². The predicted octanol–water partition coefficient (Wildman–Crippen LogP) is 1.72. The molecule has 19 heavy (non-hydrogen) atoms. The van der Waals surface area contributed by atoms with Gasteiger partial charge in [-0.15, -0.1) is 0 Å². The van der Waals surface area contributed by atoms with Crippen molar-refractivity contribution in [3.8, 4) is 0 Å². The van der Waals surface area contributed by atoms with Crippen LogP contribution in [0.1, 0.15) is 34.1 Å². The lowest BCUT2D eigenvalue weighted by Crippen LogP contribution is -2.44. The molecule has 0 aliphatic carbocycles. The van der Waals surface area contributed by atoms with E-state index >= 15 is 0 Å². The second-order valence-corrected chi connectivity index (χ2v) is 6.88. The zero-order valence-corrected chi connectivity index (χ0v) is 13.0. The van der Waals surface area contributed by atoms with E-state index in [0.29, 0.717) is 12.5 Å². The SMILES string of the molecule is CCNc1ncc(S(=O)(=O)N(C)C(C)(C)CC)cn1. The molecule has 0 unspecified atom stereocenters. The van der Waals surface area contributed by atoms with Gasteiger partial charge in [0.05, 0.1) is 12.4 Å². The third kappa shape index (κ3) is 3.42. The molecule has 0 amide bonds. The highest BCUT2D eigenvalue weighted by atomic mass is 32.2. The van der Waals surface area contributed by atoms with Crippen LogP contribution in [0.25, 0.3) is 0 Å². The van der Waals surface area contributed by atoms with Crippen LogP contribution in [-0.4, -0.2) is 41.8 Å². The monoisotopic (exact) mass is 286 g/mol. The van der Waals surface area contributed by atoms with Crippen LogP contribution in [0.4, 0.5) is 5.95 Å². The number of nitrogens with zero attached hydrogens (tertiary/aromatic N) is 3. The highest BCUT2D eigenvalue weighted by molar-refractivity contribution is 7.89. The van der Waals surface area contributed by atoms with E-state index in [1.165, 1.54) is 16.7 Å². The van der Waals surface area contributed by atoms with Crippen LogP contribution in [0.3, 0.4) is 0 Å². The van der Waals surface area contributed by atoms with Crippen molar-refractivity contribution in [1.82, 2.24) is 14.3 Å². The number of sulfonamides is 1. The minimum Gasteiger partial charge on any atom is -0.355 e. The first-order valence-corrected chi connectivity index (χ1v) is 7.74. The summed E-state index contributed by atoms with van der Waals surface area (Å²) >= 11 is 0. The molecule has 0 saturated carbocycles. The lowest BCUT2D eigenvalue weighted by atomic mass is 10.0. The first kappa shape index (κ1) is 15.8. The molecule has 0 atom stereocenters. The highest BCUT2D eigenvalue weighted by Gasteiger charge is 2.33. The number of rotatable bonds is 6. The Kier molecular flexibility index (Phi) is 4.86. The molecule has 0 aromatic carbocycles. The molecule has 1 heterocycles. The summed E-state index contributed by atoms with van der Waals surface area (Å²) in [5.41, 5.74) is -0.445. The number of anilines is 1. The minimum atomic E-state index is -3.56. The molecule has 1 rings (SSSR count). The quantitative estimate of drug-likeness (QED) is 0.861. The Bertz CT molecular complexity index is 511. The Morgan fingerprint density at radius 2 is 1.79 bits per heavy atom. The van der Waals surface area contributed by atoms with Gasteiger partial charge in [0, 0.05) is 19.1 Å². The van der Waals surface area contributed by atoms with E-state index in [-0.39, 0.29) is 4.90 Å². The van der Waals surface area contributed by atoms with Crippen LogP contribution in [-0.2, 0) is 10.0 Å². The second-order valence-electron chi connectivity index (χ2n) is 4.91. The van der Waals surface area contributed by atoms with Crippen molar-refractivity contribution in [2.24, 2.45) is 0 Å². The zero-order valence-electron chi connectivity index (χ0n) is 12.1. The van der Waals surface area contributed by atoms with E-state index in [4.69, 9.17) is 0 Å². The first-order valence-electron chi connectivity index (χ1n) is 6.30. The molecule has 7 heteroatoms. The lowest BCUT2D eigenvalue weighted by Gasteiger charge is -2.33. The Morgan fingerprint density at radius 1 is 1.26 bits per heavy atom. The minimum absolute atomic E-state index is 0.109. The molecule has 0 bridgehead atoms. The normalized spacial score (nSPS) is 12.7. The second kappa shape index (κ2) is 5.83. The van der Waals surface area contributed by atoms with Gasteiger partial charge in [0.15, 0.2) is 0 Å². The van der Waals surface area contributed by atoms with Gasteiger partial charge in [0.1, 0.15) is 4.90 Å². The van der Waals surface area contributed by atoms with Gasteiger partial charge in [0.25, 0.3) is 0 Å². The first-order chi connectivity index (χ1) is 8.75. The zero-order chi connectivity index (χ0) is 14.7. The largest absolute Gasteiger partial charge is 0.355 e. The Balaban J connectivity index is 3.07. The van der Waals surface area contributed by atoms with Crippen LogP contribution in [0, 0.1) is 0 Å². The summed E-state index contributed by atoms with van der Waals surface area (Å²) in [6, 6.07) is 0. The van der Waals surface area contributed by atoms with Gasteiger partial charge in [0.2, 0.25) is 16.0 Å². The molecule has 0 saturated heterocycles. The smallest absolute Gasteiger partial charge is 0.246 e. The van der Waals surface area contributed by atoms with E-state index in [0.717, 1.165) is 6.42 Å². The van der Waals surface area contributed by atoms with Crippen molar-refractivity contribution in [2.45, 2.75) is 44.6 Å². The molecular weight excluding hydrogens is 264 g/mol. The van der Waals surface area contributed by atoms with Crippen molar-refractivity contribution in [2.75, 3.05) is 18.9 Å². The summed E-state index contributed by atoms with van der Waals surface area (Å²) < 4.78 is 26.2. The molecule has 0 aliphatic rings. The molecule has 108 valence electrons. The van der Waals surface area contributed by atoms with Crippen LogP contribution in [0.15, 0.2) is 17.3 Å². The van der Waals surface area contributed by atoms with Gasteiger partial charge in [-0.1, -0.05) is 6.92 Å². The summed E-state index contributed by atoms with van der Waals surface area (Å²) in [6.07, 6.45) is 3.39. The standard InChI is InChI=1S/C12H22N4O2S/c1-6-12(3,4)16(5)19(17,18)10-8-14-11(13-7-2)15-9-10/h8-9H,6-7H2,1-5H3,(H,13,14,15). The van der Waals surface area contributed by atoms with E-state index in [1.807, 2.05) is 27.7 Å². The van der Waals surface area contributed by atoms with Crippen molar-refractivity contribution < 1.29 is 8.42 Å². The summed E-state index contributed by atoms with van der Waals surface area (Å²) in [6.45, 7) is 8.34. The van der Waals surface area contributed by atoms with Crippen LogP contribution < -0.4 is 5.32 Å². The fraction of sp³-hybridized carbons (Fsp3) is 0.667. The fourth-order valence-electron chi connectivity index (χ4n) is 1.40. The maximum Gasteiger partial charge on any atom is 0.246 e. The molecule has 1 aromatic heterocycles.